The number of hydrogen-bond acceptors (Lipinski definition) is 4. The van der Waals surface area contributed by atoms with E-state index in [1.807, 2.05) is 6.92 Å². The summed E-state index contributed by atoms with van der Waals surface area (Å²) >= 11 is 0.0406. The zero-order valence-corrected chi connectivity index (χ0v) is 22.3. The summed E-state index contributed by atoms with van der Waals surface area (Å²) in [7, 11) is -2.09. The molecule has 2 aliphatic heterocycles. The maximum atomic E-state index is 7.16. The van der Waals surface area contributed by atoms with Crippen LogP contribution < -0.4 is 4.46 Å². The van der Waals surface area contributed by atoms with Crippen LogP contribution in [0.3, 0.4) is 0 Å². The predicted octanol–water partition coefficient (Wildman–Crippen LogP) is 4.58. The van der Waals surface area contributed by atoms with Gasteiger partial charge in [0.2, 0.25) is 0 Å². The topological polar surface area (TPSA) is 36.9 Å². The van der Waals surface area contributed by atoms with Crippen molar-refractivity contribution in [3.05, 3.63) is 42.5 Å². The fourth-order valence-electron chi connectivity index (χ4n) is 4.78. The van der Waals surface area contributed by atoms with Gasteiger partial charge < -0.3 is 0 Å². The van der Waals surface area contributed by atoms with Crippen LogP contribution in [0.5, 0.6) is 0 Å². The molecule has 0 N–H and O–H groups in total. The minimum atomic E-state index is -2.09. The number of benzene rings is 1. The molecule has 3 fully saturated rings. The summed E-state index contributed by atoms with van der Waals surface area (Å²) in [6.45, 7) is 22.1. The average molecular weight is 496 g/mol. The molecule has 6 atom stereocenters. The molecule has 1 saturated carbocycles. The van der Waals surface area contributed by atoms with Gasteiger partial charge in [-0.3, -0.25) is 0 Å². The van der Waals surface area contributed by atoms with E-state index in [1.165, 1.54) is 4.46 Å². The Morgan fingerprint density at radius 3 is 2.40 bits per heavy atom. The third-order valence-corrected chi connectivity index (χ3v) is 15.1. The van der Waals surface area contributed by atoms with Crippen molar-refractivity contribution < 1.29 is 18.6 Å². The Morgan fingerprint density at radius 2 is 1.83 bits per heavy atom. The van der Waals surface area contributed by atoms with Crippen LogP contribution >= 0.6 is 0 Å². The molecule has 166 valence electrons. The molecule has 3 bridgehead atoms. The molecule has 0 spiro atoms. The molecule has 2 saturated heterocycles. The van der Waals surface area contributed by atoms with Crippen LogP contribution in [-0.2, 0) is 18.6 Å². The van der Waals surface area contributed by atoms with Crippen LogP contribution in [0.2, 0.25) is 18.1 Å². The number of rotatable bonds is 5. The van der Waals surface area contributed by atoms with Crippen molar-refractivity contribution >= 4 is 27.7 Å². The van der Waals surface area contributed by atoms with Gasteiger partial charge in [0.05, 0.1) is 0 Å². The molecule has 1 unspecified atom stereocenters. The van der Waals surface area contributed by atoms with Crippen molar-refractivity contribution in [2.24, 2.45) is 5.92 Å². The van der Waals surface area contributed by atoms with E-state index < -0.39 is 24.4 Å². The van der Waals surface area contributed by atoms with Gasteiger partial charge in [-0.25, -0.2) is 0 Å². The molecule has 1 aliphatic carbocycles. The Bertz CT molecular complexity index is 837. The van der Waals surface area contributed by atoms with Crippen LogP contribution in [0, 0.1) is 5.92 Å². The minimum absolute atomic E-state index is 0.0406. The van der Waals surface area contributed by atoms with Crippen LogP contribution in [0.25, 0.3) is 0 Å². The molecule has 2 heterocycles. The van der Waals surface area contributed by atoms with Gasteiger partial charge in [0, 0.05) is 0 Å². The summed E-state index contributed by atoms with van der Waals surface area (Å²) in [4.78, 5) is 0. The summed E-state index contributed by atoms with van der Waals surface area (Å²) in [5.74, 6) is -0.802. The van der Waals surface area contributed by atoms with Crippen molar-refractivity contribution in [3.63, 3.8) is 0 Å². The van der Waals surface area contributed by atoms with Crippen LogP contribution in [-0.4, -0.2) is 51.6 Å². The van der Waals surface area contributed by atoms with Gasteiger partial charge in [-0.1, -0.05) is 0 Å². The zero-order valence-electron chi connectivity index (χ0n) is 19.6. The molecule has 1 aromatic carbocycles. The third-order valence-electron chi connectivity index (χ3n) is 7.45. The molecule has 3 aliphatic rings. The summed E-state index contributed by atoms with van der Waals surface area (Å²) < 4.78 is 27.9. The predicted molar refractivity (Wildman–Crippen MR) is 123 cm³/mol. The SMILES string of the molecule is C=C(C)[C@]12C[C@@H](C)[C@]3([Se]c4ccccc4)OC(C)(O[C@@H]1[C@H]3O[Si](C)(C)C(C)(C)C)O2. The summed E-state index contributed by atoms with van der Waals surface area (Å²) in [5.41, 5.74) is 0.437. The molecular weight excluding hydrogens is 459 g/mol. The van der Waals surface area contributed by atoms with Gasteiger partial charge in [0.25, 0.3) is 0 Å². The maximum absolute atomic E-state index is 7.16. The monoisotopic (exact) mass is 496 g/mol. The van der Waals surface area contributed by atoms with E-state index in [9.17, 15) is 0 Å². The second-order valence-electron chi connectivity index (χ2n) is 10.8. The zero-order chi connectivity index (χ0) is 22.2. The molecule has 0 aromatic heterocycles. The first-order chi connectivity index (χ1) is 13.7. The van der Waals surface area contributed by atoms with E-state index in [1.54, 1.807) is 0 Å². The van der Waals surface area contributed by atoms with E-state index in [-0.39, 0.29) is 38.1 Å². The number of ether oxygens (including phenoxy) is 3. The van der Waals surface area contributed by atoms with Crippen molar-refractivity contribution in [1.82, 2.24) is 0 Å². The number of hydrogen-bond donors (Lipinski definition) is 0. The van der Waals surface area contributed by atoms with Crippen molar-refractivity contribution in [2.75, 3.05) is 0 Å². The van der Waals surface area contributed by atoms with Crippen LogP contribution in [0.1, 0.15) is 48.0 Å². The Balaban J connectivity index is 1.84. The molecule has 4 nitrogen and oxygen atoms in total. The average Bonchev–Trinajstić information content (AvgIpc) is 2.82. The van der Waals surface area contributed by atoms with Gasteiger partial charge in [0.1, 0.15) is 0 Å². The first kappa shape index (κ1) is 22.7. The molecule has 0 radical (unpaired) electrons. The molecule has 1 aromatic rings. The van der Waals surface area contributed by atoms with E-state index >= 15 is 0 Å². The normalized spacial score (nSPS) is 40.6. The summed E-state index contributed by atoms with van der Waals surface area (Å²) in [5, 5.41) is 0.0903. The molecule has 30 heavy (non-hydrogen) atoms. The van der Waals surface area contributed by atoms with E-state index in [0.717, 1.165) is 12.0 Å². The first-order valence-corrected chi connectivity index (χ1v) is 15.5. The fraction of sp³-hybridized carbons (Fsp3) is 0.667. The molecule has 6 heteroatoms. The number of fused-ring (bicyclic) bond motifs is 2. The Hall–Kier alpha value is -0.464. The van der Waals surface area contributed by atoms with Crippen molar-refractivity contribution in [1.29, 1.82) is 0 Å². The van der Waals surface area contributed by atoms with Crippen molar-refractivity contribution in [3.8, 4) is 0 Å². The van der Waals surface area contributed by atoms with E-state index in [0.29, 0.717) is 0 Å². The van der Waals surface area contributed by atoms with Gasteiger partial charge in [-0.2, -0.15) is 0 Å². The second kappa shape index (κ2) is 7.02. The Labute approximate surface area is 189 Å². The van der Waals surface area contributed by atoms with Crippen LogP contribution in [0.4, 0.5) is 0 Å². The van der Waals surface area contributed by atoms with Gasteiger partial charge in [0.15, 0.2) is 0 Å². The summed E-state index contributed by atoms with van der Waals surface area (Å²) in [6.07, 6.45) is 0.452. The van der Waals surface area contributed by atoms with Gasteiger partial charge in [-0.05, 0) is 0 Å². The van der Waals surface area contributed by atoms with E-state index in [4.69, 9.17) is 18.6 Å². The standard InChI is InChI=1S/C24H36O4SeSi/c1-16(2)23-15-17(3)24(29-18-13-11-10-12-14-18)20(26-30(8,9)21(4,5)6)19(23)25-22(7,27-23)28-24/h10-14,17,19-20H,1,15H2,2-9H3/t17-,19-,20-,22?,23-,24-/m1/s1. The quantitative estimate of drug-likeness (QED) is 0.443. The van der Waals surface area contributed by atoms with Crippen LogP contribution in [0.15, 0.2) is 42.5 Å². The third kappa shape index (κ3) is 3.31. The Morgan fingerprint density at radius 1 is 1.20 bits per heavy atom. The van der Waals surface area contributed by atoms with E-state index in [2.05, 4.69) is 84.6 Å². The molecule has 4 rings (SSSR count). The van der Waals surface area contributed by atoms with Gasteiger partial charge >= 0.3 is 189 Å². The summed E-state index contributed by atoms with van der Waals surface area (Å²) in [6, 6.07) is 10.7. The second-order valence-corrected chi connectivity index (χ2v) is 18.3. The van der Waals surface area contributed by atoms with Crippen molar-refractivity contribution in [2.45, 2.75) is 94.4 Å². The first-order valence-electron chi connectivity index (χ1n) is 10.9. The molecule has 0 amide bonds. The Kier molecular flexibility index (Phi) is 5.31. The fourth-order valence-corrected chi connectivity index (χ4v) is 9.25. The van der Waals surface area contributed by atoms with Gasteiger partial charge in [-0.15, -0.1) is 0 Å². The molecular formula is C24H36O4SeSi.